The Hall–Kier alpha value is -3.79. The van der Waals surface area contributed by atoms with E-state index in [9.17, 15) is 14.4 Å². The molecule has 2 aromatic carbocycles. The van der Waals surface area contributed by atoms with Gasteiger partial charge in [-0.15, -0.1) is 0 Å². The molecular weight excluding hydrogens is 434 g/mol. The summed E-state index contributed by atoms with van der Waals surface area (Å²) in [4.78, 5) is 40.6. The number of benzene rings is 2. The predicted octanol–water partition coefficient (Wildman–Crippen LogP) is 3.18. The van der Waals surface area contributed by atoms with E-state index in [0.29, 0.717) is 5.16 Å². The van der Waals surface area contributed by atoms with Crippen molar-refractivity contribution in [2.24, 2.45) is 0 Å². The number of imidazole rings is 1. The van der Waals surface area contributed by atoms with E-state index in [-0.39, 0.29) is 28.5 Å². The lowest BCUT2D eigenvalue weighted by Gasteiger charge is -2.10. The first-order chi connectivity index (χ1) is 15.4. The summed E-state index contributed by atoms with van der Waals surface area (Å²) < 4.78 is 16.4. The number of methoxy groups -OCH3 is 3. The van der Waals surface area contributed by atoms with Crippen molar-refractivity contribution < 1.29 is 28.6 Å². The van der Waals surface area contributed by atoms with Crippen LogP contribution in [-0.2, 0) is 14.3 Å². The van der Waals surface area contributed by atoms with Crippen LogP contribution in [0.4, 0.5) is 5.69 Å². The molecule has 1 amide bonds. The molecule has 1 heterocycles. The summed E-state index contributed by atoms with van der Waals surface area (Å²) in [6.07, 6.45) is 3.44. The third-order valence-corrected chi connectivity index (χ3v) is 5.32. The van der Waals surface area contributed by atoms with Gasteiger partial charge in [0, 0.05) is 23.8 Å². The number of thioether (sulfide) groups is 1. The molecule has 0 aliphatic heterocycles. The number of aromatic nitrogens is 2. The van der Waals surface area contributed by atoms with E-state index in [0.717, 1.165) is 11.4 Å². The second-order valence-corrected chi connectivity index (χ2v) is 7.34. The van der Waals surface area contributed by atoms with Gasteiger partial charge in [-0.05, 0) is 42.5 Å². The highest BCUT2D eigenvalue weighted by Crippen LogP contribution is 2.23. The first kappa shape index (κ1) is 22.9. The molecule has 0 fully saturated rings. The van der Waals surface area contributed by atoms with Crippen LogP contribution in [0.25, 0.3) is 5.69 Å². The molecular formula is C22H21N3O6S. The monoisotopic (exact) mass is 455 g/mol. The van der Waals surface area contributed by atoms with Gasteiger partial charge in [0.15, 0.2) is 5.16 Å². The van der Waals surface area contributed by atoms with Gasteiger partial charge in [0.2, 0.25) is 5.91 Å². The average molecular weight is 455 g/mol. The van der Waals surface area contributed by atoms with Crippen molar-refractivity contribution in [3.63, 3.8) is 0 Å². The van der Waals surface area contributed by atoms with Crippen molar-refractivity contribution in [3.05, 3.63) is 66.0 Å². The van der Waals surface area contributed by atoms with E-state index in [2.05, 4.69) is 10.3 Å². The molecule has 0 atom stereocenters. The summed E-state index contributed by atoms with van der Waals surface area (Å²) in [5, 5.41) is 3.32. The van der Waals surface area contributed by atoms with E-state index in [4.69, 9.17) is 14.2 Å². The molecule has 0 spiro atoms. The van der Waals surface area contributed by atoms with Gasteiger partial charge in [0.1, 0.15) is 5.75 Å². The fourth-order valence-corrected chi connectivity index (χ4v) is 3.61. The molecule has 0 bridgehead atoms. The van der Waals surface area contributed by atoms with Gasteiger partial charge in [-0.2, -0.15) is 0 Å². The largest absolute Gasteiger partial charge is 0.497 e. The van der Waals surface area contributed by atoms with Crippen molar-refractivity contribution in [2.75, 3.05) is 32.4 Å². The number of hydrogen-bond donors (Lipinski definition) is 1. The van der Waals surface area contributed by atoms with Crippen molar-refractivity contribution in [3.8, 4) is 11.4 Å². The maximum Gasteiger partial charge on any atom is 0.337 e. The van der Waals surface area contributed by atoms with Crippen LogP contribution in [0.2, 0.25) is 0 Å². The minimum atomic E-state index is -0.637. The normalized spacial score (nSPS) is 10.3. The van der Waals surface area contributed by atoms with Crippen LogP contribution in [0.3, 0.4) is 0 Å². The Bertz CT molecular complexity index is 1090. The van der Waals surface area contributed by atoms with Gasteiger partial charge in [-0.3, -0.25) is 9.36 Å². The second kappa shape index (κ2) is 10.5. The highest BCUT2D eigenvalue weighted by Gasteiger charge is 2.16. The summed E-state index contributed by atoms with van der Waals surface area (Å²) >= 11 is 1.24. The molecule has 1 N–H and O–H groups in total. The lowest BCUT2D eigenvalue weighted by atomic mass is 10.1. The Labute approximate surface area is 188 Å². The van der Waals surface area contributed by atoms with Crippen LogP contribution in [0, 0.1) is 0 Å². The number of amides is 1. The lowest BCUT2D eigenvalue weighted by molar-refractivity contribution is -0.113. The molecule has 0 unspecified atom stereocenters. The van der Waals surface area contributed by atoms with Gasteiger partial charge < -0.3 is 19.5 Å². The minimum absolute atomic E-state index is 0.0587. The zero-order valence-corrected chi connectivity index (χ0v) is 18.5. The molecule has 9 nitrogen and oxygen atoms in total. The van der Waals surface area contributed by atoms with E-state index in [1.54, 1.807) is 19.5 Å². The number of carbonyl (C=O) groups is 3. The Balaban J connectivity index is 1.71. The number of nitrogens with zero attached hydrogens (tertiary/aromatic N) is 2. The summed E-state index contributed by atoms with van der Waals surface area (Å²) in [6, 6.07) is 11.6. The van der Waals surface area contributed by atoms with Crippen LogP contribution in [0.5, 0.6) is 5.75 Å². The third kappa shape index (κ3) is 5.46. The highest BCUT2D eigenvalue weighted by molar-refractivity contribution is 7.99. The molecule has 0 saturated carbocycles. The first-order valence-corrected chi connectivity index (χ1v) is 10.4. The number of nitrogens with one attached hydrogen (secondary N) is 1. The summed E-state index contributed by atoms with van der Waals surface area (Å²) in [7, 11) is 4.06. The van der Waals surface area contributed by atoms with Crippen molar-refractivity contribution in [1.29, 1.82) is 0 Å². The summed E-state index contributed by atoms with van der Waals surface area (Å²) in [6.45, 7) is 0. The molecule has 3 aromatic rings. The minimum Gasteiger partial charge on any atom is -0.497 e. The zero-order valence-electron chi connectivity index (χ0n) is 17.7. The molecule has 10 heteroatoms. The predicted molar refractivity (Wildman–Crippen MR) is 119 cm³/mol. The number of ether oxygens (including phenoxy) is 3. The van der Waals surface area contributed by atoms with Gasteiger partial charge in [0.05, 0.1) is 38.2 Å². The van der Waals surface area contributed by atoms with Gasteiger partial charge in [0.25, 0.3) is 0 Å². The average Bonchev–Trinajstić information content (AvgIpc) is 3.30. The molecule has 3 rings (SSSR count). The van der Waals surface area contributed by atoms with E-state index < -0.39 is 11.9 Å². The second-order valence-electron chi connectivity index (χ2n) is 6.40. The van der Waals surface area contributed by atoms with Crippen molar-refractivity contribution in [1.82, 2.24) is 9.55 Å². The van der Waals surface area contributed by atoms with Gasteiger partial charge >= 0.3 is 11.9 Å². The Morgan fingerprint density at radius 3 is 2.16 bits per heavy atom. The lowest BCUT2D eigenvalue weighted by Crippen LogP contribution is -2.16. The Morgan fingerprint density at radius 2 is 1.59 bits per heavy atom. The van der Waals surface area contributed by atoms with Crippen LogP contribution >= 0.6 is 11.8 Å². The Morgan fingerprint density at radius 1 is 0.969 bits per heavy atom. The number of rotatable bonds is 8. The SMILES string of the molecule is COC(=O)c1cc(NC(=O)CSc2nccn2-c2ccc(OC)cc2)cc(C(=O)OC)c1. The molecule has 32 heavy (non-hydrogen) atoms. The molecule has 0 aliphatic carbocycles. The van der Waals surface area contributed by atoms with Gasteiger partial charge in [-0.25, -0.2) is 14.6 Å². The third-order valence-electron chi connectivity index (χ3n) is 4.35. The maximum atomic E-state index is 12.5. The number of esters is 2. The maximum absolute atomic E-state index is 12.5. The van der Waals surface area contributed by atoms with Crippen molar-refractivity contribution >= 4 is 35.3 Å². The van der Waals surface area contributed by atoms with E-state index >= 15 is 0 Å². The molecule has 166 valence electrons. The molecule has 1 aromatic heterocycles. The number of carbonyl (C=O) groups excluding carboxylic acids is 3. The van der Waals surface area contributed by atoms with Crippen molar-refractivity contribution in [2.45, 2.75) is 5.16 Å². The van der Waals surface area contributed by atoms with E-state index in [1.165, 1.54) is 44.2 Å². The fraction of sp³-hybridized carbons (Fsp3) is 0.182. The standard InChI is InChI=1S/C22H21N3O6S/c1-29-18-6-4-17(5-7-18)25-9-8-23-22(25)32-13-19(26)24-16-11-14(20(27)30-2)10-15(12-16)21(28)31-3/h4-12H,13H2,1-3H3,(H,24,26). The summed E-state index contributed by atoms with van der Waals surface area (Å²) in [5.74, 6) is -0.812. The quantitative estimate of drug-likeness (QED) is 0.408. The van der Waals surface area contributed by atoms with Gasteiger partial charge in [-0.1, -0.05) is 11.8 Å². The topological polar surface area (TPSA) is 109 Å². The zero-order chi connectivity index (χ0) is 23.1. The smallest absolute Gasteiger partial charge is 0.337 e. The fourth-order valence-electron chi connectivity index (χ4n) is 2.83. The molecule has 0 saturated heterocycles. The number of hydrogen-bond acceptors (Lipinski definition) is 8. The highest BCUT2D eigenvalue weighted by atomic mass is 32.2. The van der Waals surface area contributed by atoms with Crippen LogP contribution in [0.1, 0.15) is 20.7 Å². The summed E-state index contributed by atoms with van der Waals surface area (Å²) in [5.41, 5.74) is 1.39. The first-order valence-electron chi connectivity index (χ1n) is 9.37. The van der Waals surface area contributed by atoms with Crippen LogP contribution in [0.15, 0.2) is 60.0 Å². The van der Waals surface area contributed by atoms with Crippen LogP contribution < -0.4 is 10.1 Å². The molecule has 0 aliphatic rings. The molecule has 0 radical (unpaired) electrons. The van der Waals surface area contributed by atoms with Crippen LogP contribution in [-0.4, -0.2) is 54.5 Å². The number of anilines is 1. The Kier molecular flexibility index (Phi) is 7.50. The van der Waals surface area contributed by atoms with E-state index in [1.807, 2.05) is 28.8 Å².